The molecule has 20 heavy (non-hydrogen) atoms. The minimum Gasteiger partial charge on any atom is -0.454 e. The monoisotopic (exact) mass is 274 g/mol. The Bertz CT molecular complexity index is 572. The van der Waals surface area contributed by atoms with Crippen LogP contribution >= 0.6 is 0 Å². The number of benzene rings is 1. The van der Waals surface area contributed by atoms with Crippen LogP contribution in [0.5, 0.6) is 11.5 Å². The molecule has 0 aliphatic rings. The number of aryl methyl sites for hydroxylation is 1. The number of rotatable bonds is 6. The first-order valence-electron chi connectivity index (χ1n) is 6.79. The van der Waals surface area contributed by atoms with Crippen LogP contribution in [0.2, 0.25) is 0 Å². The van der Waals surface area contributed by atoms with Gasteiger partial charge in [-0.05, 0) is 37.6 Å². The highest BCUT2D eigenvalue weighted by Gasteiger charge is 2.07. The molecule has 0 aliphatic carbocycles. The highest BCUT2D eigenvalue weighted by Crippen LogP contribution is 2.26. The highest BCUT2D eigenvalue weighted by molar-refractivity contribution is 5.35. The Labute approximate surface area is 118 Å². The first-order valence-corrected chi connectivity index (χ1v) is 6.79. The number of hydrogen-bond acceptors (Lipinski definition) is 3. The van der Waals surface area contributed by atoms with Gasteiger partial charge in [0.2, 0.25) is 0 Å². The lowest BCUT2D eigenvalue weighted by atomic mass is 10.2. The molecule has 1 heterocycles. The van der Waals surface area contributed by atoms with Crippen LogP contribution in [-0.2, 0) is 6.54 Å². The summed E-state index contributed by atoms with van der Waals surface area (Å²) >= 11 is 0. The number of nitrogens with one attached hydrogen (secondary N) is 1. The van der Waals surface area contributed by atoms with Gasteiger partial charge in [0.05, 0.1) is 5.69 Å². The van der Waals surface area contributed by atoms with Gasteiger partial charge in [-0.15, -0.1) is 0 Å². The second kappa shape index (κ2) is 7.01. The van der Waals surface area contributed by atoms with Crippen molar-refractivity contribution in [2.24, 2.45) is 0 Å². The predicted molar refractivity (Wildman–Crippen MR) is 77.4 cm³/mol. The molecule has 0 fully saturated rings. The zero-order chi connectivity index (χ0) is 14.4. The molecule has 0 unspecified atom stereocenters. The van der Waals surface area contributed by atoms with Crippen molar-refractivity contribution in [3.05, 3.63) is 53.6 Å². The Kier molecular flexibility index (Phi) is 5.07. The quantitative estimate of drug-likeness (QED) is 0.813. The van der Waals surface area contributed by atoms with Crippen molar-refractivity contribution in [2.45, 2.75) is 26.8 Å². The second-order valence-corrected chi connectivity index (χ2v) is 4.65. The molecule has 0 spiro atoms. The van der Waals surface area contributed by atoms with Crippen LogP contribution in [0.25, 0.3) is 0 Å². The first kappa shape index (κ1) is 14.5. The third-order valence-corrected chi connectivity index (χ3v) is 2.91. The molecule has 1 aromatic heterocycles. The van der Waals surface area contributed by atoms with Gasteiger partial charge in [-0.25, -0.2) is 4.39 Å². The zero-order valence-corrected chi connectivity index (χ0v) is 11.8. The summed E-state index contributed by atoms with van der Waals surface area (Å²) < 4.78 is 19.5. The average molecular weight is 274 g/mol. The van der Waals surface area contributed by atoms with Gasteiger partial charge >= 0.3 is 0 Å². The maximum Gasteiger partial charge on any atom is 0.168 e. The summed E-state index contributed by atoms with van der Waals surface area (Å²) in [6, 6.07) is 8.67. The predicted octanol–water partition coefficient (Wildman–Crippen LogP) is 3.82. The molecule has 0 bridgehead atoms. The minimum absolute atomic E-state index is 0.240. The van der Waals surface area contributed by atoms with E-state index in [1.807, 2.05) is 6.07 Å². The van der Waals surface area contributed by atoms with Gasteiger partial charge in [-0.3, -0.25) is 4.98 Å². The molecule has 106 valence electrons. The van der Waals surface area contributed by atoms with Gasteiger partial charge in [0.25, 0.3) is 0 Å². The van der Waals surface area contributed by atoms with Gasteiger partial charge in [0, 0.05) is 18.8 Å². The van der Waals surface area contributed by atoms with Crippen LogP contribution in [0, 0.1) is 12.7 Å². The van der Waals surface area contributed by atoms with Crippen molar-refractivity contribution in [1.82, 2.24) is 10.3 Å². The molecule has 3 nitrogen and oxygen atoms in total. The second-order valence-electron chi connectivity index (χ2n) is 4.65. The lowest BCUT2D eigenvalue weighted by molar-refractivity contribution is 0.438. The number of halogens is 1. The Morgan fingerprint density at radius 2 is 2.15 bits per heavy atom. The van der Waals surface area contributed by atoms with E-state index in [1.165, 1.54) is 0 Å². The topological polar surface area (TPSA) is 34.1 Å². The fourth-order valence-electron chi connectivity index (χ4n) is 1.84. The molecular formula is C16H19FN2O. The van der Waals surface area contributed by atoms with E-state index in [-0.39, 0.29) is 11.6 Å². The third kappa shape index (κ3) is 3.78. The first-order chi connectivity index (χ1) is 9.70. The molecule has 0 amide bonds. The van der Waals surface area contributed by atoms with Crippen molar-refractivity contribution >= 4 is 0 Å². The molecule has 0 saturated carbocycles. The third-order valence-electron chi connectivity index (χ3n) is 2.91. The lowest BCUT2D eigenvalue weighted by Crippen LogP contribution is -2.14. The molecule has 0 saturated heterocycles. The van der Waals surface area contributed by atoms with Crippen LogP contribution < -0.4 is 10.1 Å². The normalized spacial score (nSPS) is 10.6. The van der Waals surface area contributed by atoms with E-state index >= 15 is 0 Å². The van der Waals surface area contributed by atoms with Crippen molar-refractivity contribution in [3.63, 3.8) is 0 Å². The molecule has 0 radical (unpaired) electrons. The van der Waals surface area contributed by atoms with Crippen LogP contribution in [0.3, 0.4) is 0 Å². The van der Waals surface area contributed by atoms with E-state index in [0.29, 0.717) is 17.9 Å². The number of hydrogen-bond donors (Lipinski definition) is 1. The summed E-state index contributed by atoms with van der Waals surface area (Å²) in [4.78, 5) is 4.26. The average Bonchev–Trinajstić information content (AvgIpc) is 2.45. The largest absolute Gasteiger partial charge is 0.454 e. The maximum absolute atomic E-state index is 13.9. The minimum atomic E-state index is -0.324. The molecule has 2 rings (SSSR count). The number of aromatic nitrogens is 1. The van der Waals surface area contributed by atoms with Crippen molar-refractivity contribution in [2.75, 3.05) is 6.54 Å². The summed E-state index contributed by atoms with van der Waals surface area (Å²) in [6.45, 7) is 5.45. The van der Waals surface area contributed by atoms with Gasteiger partial charge in [0.1, 0.15) is 5.75 Å². The van der Waals surface area contributed by atoms with Crippen molar-refractivity contribution < 1.29 is 9.13 Å². The summed E-state index contributed by atoms with van der Waals surface area (Å²) in [7, 11) is 0. The van der Waals surface area contributed by atoms with E-state index in [9.17, 15) is 4.39 Å². The molecule has 4 heteroatoms. The Hall–Kier alpha value is -1.94. The van der Waals surface area contributed by atoms with Crippen molar-refractivity contribution in [3.8, 4) is 11.5 Å². The van der Waals surface area contributed by atoms with E-state index < -0.39 is 0 Å². The fraction of sp³-hybridized carbons (Fsp3) is 0.312. The standard InChI is InChI=1S/C16H19FN2O/c1-3-8-18-11-13-10-14(7-9-19-13)20-15-6-4-5-12(2)16(15)17/h4-7,9-10,18H,3,8,11H2,1-2H3. The van der Waals surface area contributed by atoms with Gasteiger partial charge in [-0.2, -0.15) is 0 Å². The SMILES string of the molecule is CCCNCc1cc(Oc2cccc(C)c2F)ccn1. The van der Waals surface area contributed by atoms with E-state index in [0.717, 1.165) is 18.7 Å². The number of pyridine rings is 1. The molecule has 1 N–H and O–H groups in total. The smallest absolute Gasteiger partial charge is 0.168 e. The Morgan fingerprint density at radius 1 is 1.30 bits per heavy atom. The van der Waals surface area contributed by atoms with E-state index in [1.54, 1.807) is 37.4 Å². The molecular weight excluding hydrogens is 255 g/mol. The Balaban J connectivity index is 2.09. The van der Waals surface area contributed by atoms with E-state index in [2.05, 4.69) is 17.2 Å². The molecule has 2 aromatic rings. The summed E-state index contributed by atoms with van der Waals surface area (Å²) in [5, 5.41) is 3.27. The molecule has 0 aliphatic heterocycles. The van der Waals surface area contributed by atoms with Crippen LogP contribution in [-0.4, -0.2) is 11.5 Å². The van der Waals surface area contributed by atoms with Gasteiger partial charge < -0.3 is 10.1 Å². The number of nitrogens with zero attached hydrogens (tertiary/aromatic N) is 1. The zero-order valence-electron chi connectivity index (χ0n) is 11.8. The summed E-state index contributed by atoms with van der Waals surface area (Å²) in [6.07, 6.45) is 2.75. The maximum atomic E-state index is 13.9. The Morgan fingerprint density at radius 3 is 2.95 bits per heavy atom. The van der Waals surface area contributed by atoms with Crippen LogP contribution in [0.1, 0.15) is 24.6 Å². The summed E-state index contributed by atoms with van der Waals surface area (Å²) in [5.74, 6) is 0.511. The van der Waals surface area contributed by atoms with Crippen molar-refractivity contribution in [1.29, 1.82) is 0 Å². The lowest BCUT2D eigenvalue weighted by Gasteiger charge is -2.09. The summed E-state index contributed by atoms with van der Waals surface area (Å²) in [5.41, 5.74) is 1.45. The molecule has 0 atom stereocenters. The highest BCUT2D eigenvalue weighted by atomic mass is 19.1. The van der Waals surface area contributed by atoms with Crippen LogP contribution in [0.4, 0.5) is 4.39 Å². The van der Waals surface area contributed by atoms with Gasteiger partial charge in [-0.1, -0.05) is 19.1 Å². The van der Waals surface area contributed by atoms with E-state index in [4.69, 9.17) is 4.74 Å². The van der Waals surface area contributed by atoms with Crippen LogP contribution in [0.15, 0.2) is 36.5 Å². The van der Waals surface area contributed by atoms with Gasteiger partial charge in [0.15, 0.2) is 11.6 Å². The molecule has 1 aromatic carbocycles. The number of ether oxygens (including phenoxy) is 1. The fourth-order valence-corrected chi connectivity index (χ4v) is 1.84.